The molecule has 3 heterocycles. The van der Waals surface area contributed by atoms with E-state index in [0.717, 1.165) is 16.7 Å². The Hall–Kier alpha value is -4.41. The molecule has 4 rings (SSSR count). The first-order chi connectivity index (χ1) is 18.5. The molecule has 39 heavy (non-hydrogen) atoms. The van der Waals surface area contributed by atoms with Gasteiger partial charge in [0.25, 0.3) is 5.91 Å². The van der Waals surface area contributed by atoms with E-state index in [2.05, 4.69) is 15.3 Å². The molecule has 11 heteroatoms. The number of imidazole rings is 1. The monoisotopic (exact) mass is 534 g/mol. The van der Waals surface area contributed by atoms with Crippen LogP contribution in [0.15, 0.2) is 42.6 Å². The maximum atomic E-state index is 12.7. The van der Waals surface area contributed by atoms with E-state index >= 15 is 0 Å². The minimum Gasteiger partial charge on any atom is -0.476 e. The van der Waals surface area contributed by atoms with Gasteiger partial charge in [-0.05, 0) is 69.9 Å². The van der Waals surface area contributed by atoms with Gasteiger partial charge in [-0.3, -0.25) is 4.79 Å². The second kappa shape index (κ2) is 11.1. The zero-order valence-electron chi connectivity index (χ0n) is 22.6. The Morgan fingerprint density at radius 1 is 1.13 bits per heavy atom. The summed E-state index contributed by atoms with van der Waals surface area (Å²) >= 11 is 0. The maximum absolute atomic E-state index is 12.7. The van der Waals surface area contributed by atoms with E-state index in [1.165, 1.54) is 0 Å². The van der Waals surface area contributed by atoms with E-state index in [4.69, 9.17) is 10.6 Å². The molecule has 4 N–H and O–H groups in total. The molecule has 0 saturated carbocycles. The number of benzene rings is 1. The number of aromatic carboxylic acids is 1. The highest BCUT2D eigenvalue weighted by Crippen LogP contribution is 2.32. The van der Waals surface area contributed by atoms with Gasteiger partial charge >= 0.3 is 12.1 Å². The van der Waals surface area contributed by atoms with Crippen LogP contribution in [-0.2, 0) is 11.2 Å². The molecule has 1 aromatic carbocycles. The summed E-state index contributed by atoms with van der Waals surface area (Å²) in [7, 11) is 0. The number of hydrogen-bond acceptors (Lipinski definition) is 7. The van der Waals surface area contributed by atoms with Gasteiger partial charge in [0.2, 0.25) is 0 Å². The molecular weight excluding hydrogens is 500 g/mol. The lowest BCUT2D eigenvalue weighted by atomic mass is 9.96. The molecule has 206 valence electrons. The molecule has 1 aliphatic heterocycles. The van der Waals surface area contributed by atoms with E-state index in [-0.39, 0.29) is 29.3 Å². The summed E-state index contributed by atoms with van der Waals surface area (Å²) in [6.07, 6.45) is 3.23. The number of aryl methyl sites for hydroxylation is 1. The fourth-order valence-electron chi connectivity index (χ4n) is 4.52. The number of nitrogen functional groups attached to an aromatic ring is 1. The first kappa shape index (κ1) is 27.6. The zero-order chi connectivity index (χ0) is 28.3. The number of anilines is 1. The molecule has 1 fully saturated rings. The van der Waals surface area contributed by atoms with E-state index < -0.39 is 11.6 Å². The minimum absolute atomic E-state index is 0.128. The predicted octanol–water partition coefficient (Wildman–Crippen LogP) is 4.29. The van der Waals surface area contributed by atoms with Crippen LogP contribution in [0.2, 0.25) is 0 Å². The highest BCUT2D eigenvalue weighted by atomic mass is 16.6. The predicted molar refractivity (Wildman–Crippen MR) is 146 cm³/mol. The third-order valence-corrected chi connectivity index (χ3v) is 6.55. The molecule has 0 aliphatic carbocycles. The number of nitrogens with one attached hydrogen (secondary N) is 1. The Labute approximate surface area is 227 Å². The number of hydrogen-bond donors (Lipinski definition) is 3. The van der Waals surface area contributed by atoms with Gasteiger partial charge in [0.15, 0.2) is 5.69 Å². The van der Waals surface area contributed by atoms with Gasteiger partial charge in [-0.1, -0.05) is 19.1 Å². The Balaban J connectivity index is 1.51. The third-order valence-electron chi connectivity index (χ3n) is 6.55. The molecule has 2 amide bonds. The number of nitrogens with two attached hydrogens (primary N) is 1. The molecule has 0 radical (unpaired) electrons. The molecule has 3 aromatic rings. The van der Waals surface area contributed by atoms with Gasteiger partial charge in [0.1, 0.15) is 22.9 Å². The molecule has 2 aromatic heterocycles. The van der Waals surface area contributed by atoms with Crippen molar-refractivity contribution in [2.45, 2.75) is 58.5 Å². The second-order valence-electron chi connectivity index (χ2n) is 10.5. The highest BCUT2D eigenvalue weighted by Gasteiger charge is 2.32. The van der Waals surface area contributed by atoms with Crippen LogP contribution in [0.3, 0.4) is 0 Å². The Bertz CT molecular complexity index is 1370. The van der Waals surface area contributed by atoms with Crippen LogP contribution in [0.5, 0.6) is 0 Å². The molecule has 0 atom stereocenters. The van der Waals surface area contributed by atoms with E-state index in [0.29, 0.717) is 48.7 Å². The molecular formula is C28H34N6O5. The summed E-state index contributed by atoms with van der Waals surface area (Å²) < 4.78 is 6.58. The fourth-order valence-corrected chi connectivity index (χ4v) is 4.52. The van der Waals surface area contributed by atoms with Crippen molar-refractivity contribution in [1.82, 2.24) is 19.5 Å². The van der Waals surface area contributed by atoms with Crippen molar-refractivity contribution in [3.63, 3.8) is 0 Å². The first-order valence-corrected chi connectivity index (χ1v) is 12.9. The Morgan fingerprint density at radius 3 is 2.38 bits per heavy atom. The number of piperidine rings is 1. The third kappa shape index (κ3) is 6.36. The molecule has 1 saturated heterocycles. The number of rotatable bonds is 6. The summed E-state index contributed by atoms with van der Waals surface area (Å²) in [5.41, 5.74) is 1.46. The van der Waals surface area contributed by atoms with Gasteiger partial charge < -0.3 is 25.9 Å². The number of nitrogens with zero attached hydrogens (tertiary/aromatic N) is 4. The lowest BCUT2D eigenvalue weighted by Crippen LogP contribution is -2.41. The Kier molecular flexibility index (Phi) is 7.89. The van der Waals surface area contributed by atoms with Crippen LogP contribution in [0.25, 0.3) is 11.3 Å². The SMILES string of the molecule is CCc1ccnc(NC(=O)c2ccc(-c3nc(C4CCN(C(=O)OC(C)(C)C)CC4)n(N)c3C(=O)O)cc2)c1. The zero-order valence-corrected chi connectivity index (χ0v) is 22.6. The number of ether oxygens (including phenoxy) is 1. The van der Waals surface area contributed by atoms with Gasteiger partial charge in [0.05, 0.1) is 0 Å². The van der Waals surface area contributed by atoms with Crippen LogP contribution >= 0.6 is 0 Å². The fraction of sp³-hybridized carbons (Fsp3) is 0.393. The van der Waals surface area contributed by atoms with Crippen LogP contribution in [-0.4, -0.2) is 61.3 Å². The number of carboxylic acids is 1. The average Bonchev–Trinajstić information content (AvgIpc) is 3.25. The van der Waals surface area contributed by atoms with Crippen LogP contribution < -0.4 is 11.2 Å². The quantitative estimate of drug-likeness (QED) is 0.396. The number of carbonyl (C=O) groups excluding carboxylic acids is 2. The number of amides is 2. The van der Waals surface area contributed by atoms with E-state index in [9.17, 15) is 19.5 Å². The second-order valence-corrected chi connectivity index (χ2v) is 10.5. The first-order valence-electron chi connectivity index (χ1n) is 12.9. The number of pyridine rings is 1. The average molecular weight is 535 g/mol. The summed E-state index contributed by atoms with van der Waals surface area (Å²) in [6, 6.07) is 10.2. The number of carboxylic acid groups (broad SMARTS) is 1. The Morgan fingerprint density at radius 2 is 1.79 bits per heavy atom. The number of likely N-dealkylation sites (tertiary alicyclic amines) is 1. The molecule has 11 nitrogen and oxygen atoms in total. The number of carbonyl (C=O) groups is 3. The van der Waals surface area contributed by atoms with Crippen molar-refractivity contribution in [3.8, 4) is 11.3 Å². The van der Waals surface area contributed by atoms with Crippen molar-refractivity contribution in [2.75, 3.05) is 24.2 Å². The highest BCUT2D eigenvalue weighted by molar-refractivity contribution is 6.04. The summed E-state index contributed by atoms with van der Waals surface area (Å²) in [5.74, 6) is 5.47. The standard InChI is InChI=1S/C28H34N6O5/c1-5-17-10-13-30-21(16-17)31-25(35)20-8-6-18(7-9-20)22-23(26(36)37)34(29)24(32-22)19-11-14-33(15-12-19)27(38)39-28(2,3)4/h6-10,13,16,19H,5,11-12,14-15,29H2,1-4H3,(H,36,37)(H,30,31,35). The summed E-state index contributed by atoms with van der Waals surface area (Å²) in [5, 5.41) is 12.7. The lowest BCUT2D eigenvalue weighted by Gasteiger charge is -2.33. The van der Waals surface area contributed by atoms with Crippen molar-refractivity contribution >= 4 is 23.8 Å². The van der Waals surface area contributed by atoms with Crippen LogP contribution in [0.1, 0.15) is 78.7 Å². The lowest BCUT2D eigenvalue weighted by molar-refractivity contribution is 0.0202. The normalized spacial score (nSPS) is 14.2. The molecule has 0 spiro atoms. The van der Waals surface area contributed by atoms with Crippen molar-refractivity contribution in [1.29, 1.82) is 0 Å². The van der Waals surface area contributed by atoms with Crippen molar-refractivity contribution in [2.24, 2.45) is 0 Å². The molecule has 1 aliphatic rings. The van der Waals surface area contributed by atoms with Crippen molar-refractivity contribution < 1.29 is 24.2 Å². The maximum Gasteiger partial charge on any atom is 0.410 e. The summed E-state index contributed by atoms with van der Waals surface area (Å²) in [6.45, 7) is 8.37. The molecule has 0 bridgehead atoms. The smallest absolute Gasteiger partial charge is 0.410 e. The van der Waals surface area contributed by atoms with E-state index in [1.54, 1.807) is 35.4 Å². The van der Waals surface area contributed by atoms with Crippen molar-refractivity contribution in [3.05, 3.63) is 65.2 Å². The van der Waals surface area contributed by atoms with Gasteiger partial charge in [-0.2, -0.15) is 0 Å². The van der Waals surface area contributed by atoms with Crippen LogP contribution in [0, 0.1) is 0 Å². The van der Waals surface area contributed by atoms with E-state index in [1.807, 2.05) is 39.8 Å². The topological polar surface area (TPSA) is 153 Å². The molecule has 0 unspecified atom stereocenters. The number of aromatic nitrogens is 3. The van der Waals surface area contributed by atoms with Crippen LogP contribution in [0.4, 0.5) is 10.6 Å². The van der Waals surface area contributed by atoms with Gasteiger partial charge in [-0.15, -0.1) is 0 Å². The van der Waals surface area contributed by atoms with Gasteiger partial charge in [0, 0.05) is 36.3 Å². The largest absolute Gasteiger partial charge is 0.476 e. The van der Waals surface area contributed by atoms with Gasteiger partial charge in [-0.25, -0.2) is 24.2 Å². The summed E-state index contributed by atoms with van der Waals surface area (Å²) in [4.78, 5) is 47.7. The minimum atomic E-state index is -1.21.